The molecule has 0 spiro atoms. The number of nitrogens with two attached hydrogens (primary N) is 1. The Kier molecular flexibility index (Phi) is 3.59. The summed E-state index contributed by atoms with van der Waals surface area (Å²) in [6.45, 7) is 2.80. The Morgan fingerprint density at radius 2 is 2.15 bits per heavy atom. The van der Waals surface area contributed by atoms with E-state index in [0.29, 0.717) is 12.5 Å². The second-order valence-electron chi connectivity index (χ2n) is 6.59. The number of hydrogen-bond donors (Lipinski definition) is 1. The van der Waals surface area contributed by atoms with Gasteiger partial charge in [-0.2, -0.15) is 0 Å². The van der Waals surface area contributed by atoms with Crippen molar-refractivity contribution in [2.24, 2.45) is 17.6 Å². The van der Waals surface area contributed by atoms with Crippen LogP contribution >= 0.6 is 0 Å². The maximum absolute atomic E-state index is 12.3. The highest BCUT2D eigenvalue weighted by Crippen LogP contribution is 2.47. The van der Waals surface area contributed by atoms with Crippen LogP contribution in [-0.2, 0) is 11.3 Å². The SMILES string of the molecule is CC1CC1c1ccc(CN(C)C(=O)C2CCC(N)C2)o1. The Morgan fingerprint density at radius 3 is 2.75 bits per heavy atom. The van der Waals surface area contributed by atoms with E-state index in [1.807, 2.05) is 13.1 Å². The molecule has 0 radical (unpaired) electrons. The fourth-order valence-electron chi connectivity index (χ4n) is 3.26. The summed E-state index contributed by atoms with van der Waals surface area (Å²) in [5.41, 5.74) is 5.88. The van der Waals surface area contributed by atoms with E-state index >= 15 is 0 Å². The molecular formula is C16H24N2O2. The monoisotopic (exact) mass is 276 g/mol. The number of rotatable bonds is 4. The molecule has 2 N–H and O–H groups in total. The summed E-state index contributed by atoms with van der Waals surface area (Å²) < 4.78 is 5.86. The Bertz CT molecular complexity index is 496. The predicted octanol–water partition coefficient (Wildman–Crippen LogP) is 2.49. The predicted molar refractivity (Wildman–Crippen MR) is 77.0 cm³/mol. The van der Waals surface area contributed by atoms with E-state index in [1.165, 1.54) is 6.42 Å². The van der Waals surface area contributed by atoms with Gasteiger partial charge >= 0.3 is 0 Å². The fourth-order valence-corrected chi connectivity index (χ4v) is 3.26. The van der Waals surface area contributed by atoms with Gasteiger partial charge in [0.2, 0.25) is 5.91 Å². The summed E-state index contributed by atoms with van der Waals surface area (Å²) in [5.74, 6) is 3.61. The summed E-state index contributed by atoms with van der Waals surface area (Å²) in [7, 11) is 1.86. The first-order chi connectivity index (χ1) is 9.54. The molecule has 20 heavy (non-hydrogen) atoms. The molecule has 4 heteroatoms. The Balaban J connectivity index is 1.56. The minimum Gasteiger partial charge on any atom is -0.464 e. The van der Waals surface area contributed by atoms with Crippen LogP contribution in [0, 0.1) is 11.8 Å². The number of furan rings is 1. The van der Waals surface area contributed by atoms with E-state index in [0.717, 1.165) is 36.7 Å². The normalized spacial score (nSPS) is 32.4. The van der Waals surface area contributed by atoms with Crippen LogP contribution in [0.4, 0.5) is 0 Å². The largest absolute Gasteiger partial charge is 0.464 e. The molecule has 0 aromatic carbocycles. The third kappa shape index (κ3) is 2.75. The van der Waals surface area contributed by atoms with Crippen LogP contribution in [0.25, 0.3) is 0 Å². The number of carbonyl (C=O) groups is 1. The van der Waals surface area contributed by atoms with Gasteiger partial charge in [0.25, 0.3) is 0 Å². The van der Waals surface area contributed by atoms with Crippen molar-refractivity contribution >= 4 is 5.91 Å². The average Bonchev–Trinajstić information content (AvgIpc) is 2.80. The highest BCUT2D eigenvalue weighted by Gasteiger charge is 2.36. The highest BCUT2D eigenvalue weighted by molar-refractivity contribution is 5.78. The van der Waals surface area contributed by atoms with Gasteiger partial charge < -0.3 is 15.1 Å². The number of nitrogens with zero attached hydrogens (tertiary/aromatic N) is 1. The van der Waals surface area contributed by atoms with Crippen molar-refractivity contribution < 1.29 is 9.21 Å². The van der Waals surface area contributed by atoms with Gasteiger partial charge in [-0.1, -0.05) is 6.92 Å². The van der Waals surface area contributed by atoms with E-state index in [2.05, 4.69) is 13.0 Å². The lowest BCUT2D eigenvalue weighted by atomic mass is 10.1. The van der Waals surface area contributed by atoms with Gasteiger partial charge in [0.1, 0.15) is 11.5 Å². The van der Waals surface area contributed by atoms with Gasteiger partial charge in [0.15, 0.2) is 0 Å². The van der Waals surface area contributed by atoms with Crippen LogP contribution in [0.2, 0.25) is 0 Å². The molecule has 2 fully saturated rings. The molecule has 2 saturated carbocycles. The summed E-state index contributed by atoms with van der Waals surface area (Å²) >= 11 is 0. The molecular weight excluding hydrogens is 252 g/mol. The number of amides is 1. The van der Waals surface area contributed by atoms with Crippen LogP contribution < -0.4 is 5.73 Å². The first-order valence-electron chi connectivity index (χ1n) is 7.63. The second-order valence-corrected chi connectivity index (χ2v) is 6.59. The Hall–Kier alpha value is -1.29. The fraction of sp³-hybridized carbons (Fsp3) is 0.688. The van der Waals surface area contributed by atoms with Crippen LogP contribution in [-0.4, -0.2) is 23.9 Å². The maximum Gasteiger partial charge on any atom is 0.225 e. The van der Waals surface area contributed by atoms with Gasteiger partial charge in [0.05, 0.1) is 6.54 Å². The molecule has 1 amide bonds. The Morgan fingerprint density at radius 1 is 1.40 bits per heavy atom. The summed E-state index contributed by atoms with van der Waals surface area (Å²) in [6, 6.07) is 4.27. The molecule has 2 aliphatic carbocycles. The maximum atomic E-state index is 12.3. The third-order valence-corrected chi connectivity index (χ3v) is 4.75. The molecule has 3 rings (SSSR count). The van der Waals surface area contributed by atoms with Crippen molar-refractivity contribution in [3.05, 3.63) is 23.7 Å². The summed E-state index contributed by atoms with van der Waals surface area (Å²) in [6.07, 6.45) is 3.94. The van der Waals surface area contributed by atoms with Crippen molar-refractivity contribution in [2.45, 2.75) is 51.1 Å². The van der Waals surface area contributed by atoms with E-state index in [1.54, 1.807) is 4.90 Å². The van der Waals surface area contributed by atoms with Gasteiger partial charge in [-0.05, 0) is 43.7 Å². The first kappa shape index (κ1) is 13.7. The van der Waals surface area contributed by atoms with E-state index in [9.17, 15) is 4.79 Å². The standard InChI is InChI=1S/C16H24N2O2/c1-10-7-14(10)15-6-5-13(20-15)9-18(2)16(19)11-3-4-12(17)8-11/h5-6,10-12,14H,3-4,7-9,17H2,1-2H3. The quantitative estimate of drug-likeness (QED) is 0.919. The molecule has 0 bridgehead atoms. The second kappa shape index (κ2) is 5.24. The minimum atomic E-state index is 0.105. The summed E-state index contributed by atoms with van der Waals surface area (Å²) in [5, 5.41) is 0. The lowest BCUT2D eigenvalue weighted by Crippen LogP contribution is -2.32. The molecule has 0 aliphatic heterocycles. The van der Waals surface area contributed by atoms with Gasteiger partial charge in [-0.25, -0.2) is 0 Å². The lowest BCUT2D eigenvalue weighted by Gasteiger charge is -2.20. The van der Waals surface area contributed by atoms with E-state index in [4.69, 9.17) is 10.2 Å². The van der Waals surface area contributed by atoms with Crippen LogP contribution in [0.1, 0.15) is 50.0 Å². The molecule has 4 nitrogen and oxygen atoms in total. The molecule has 4 unspecified atom stereocenters. The molecule has 110 valence electrons. The zero-order valence-electron chi connectivity index (χ0n) is 12.3. The molecule has 1 heterocycles. The zero-order chi connectivity index (χ0) is 14.3. The molecule has 4 atom stereocenters. The zero-order valence-corrected chi connectivity index (χ0v) is 12.3. The molecule has 1 aromatic rings. The highest BCUT2D eigenvalue weighted by atomic mass is 16.3. The van der Waals surface area contributed by atoms with Crippen molar-refractivity contribution in [3.8, 4) is 0 Å². The van der Waals surface area contributed by atoms with Crippen molar-refractivity contribution in [2.75, 3.05) is 7.05 Å². The van der Waals surface area contributed by atoms with Gasteiger partial charge in [-0.15, -0.1) is 0 Å². The third-order valence-electron chi connectivity index (χ3n) is 4.75. The molecule has 0 saturated heterocycles. The smallest absolute Gasteiger partial charge is 0.225 e. The van der Waals surface area contributed by atoms with Crippen molar-refractivity contribution in [3.63, 3.8) is 0 Å². The lowest BCUT2D eigenvalue weighted by molar-refractivity contribution is -0.134. The van der Waals surface area contributed by atoms with Crippen molar-refractivity contribution in [1.29, 1.82) is 0 Å². The Labute approximate surface area is 120 Å². The van der Waals surface area contributed by atoms with Gasteiger partial charge in [-0.3, -0.25) is 4.79 Å². The average molecular weight is 276 g/mol. The van der Waals surface area contributed by atoms with Crippen LogP contribution in [0.3, 0.4) is 0 Å². The van der Waals surface area contributed by atoms with Gasteiger partial charge in [0, 0.05) is 24.9 Å². The summed E-state index contributed by atoms with van der Waals surface area (Å²) in [4.78, 5) is 14.1. The minimum absolute atomic E-state index is 0.105. The van der Waals surface area contributed by atoms with Crippen LogP contribution in [0.5, 0.6) is 0 Å². The van der Waals surface area contributed by atoms with E-state index < -0.39 is 0 Å². The number of carbonyl (C=O) groups excluding carboxylic acids is 1. The first-order valence-corrected chi connectivity index (χ1v) is 7.63. The topological polar surface area (TPSA) is 59.5 Å². The van der Waals surface area contributed by atoms with Crippen molar-refractivity contribution in [1.82, 2.24) is 4.90 Å². The van der Waals surface area contributed by atoms with E-state index in [-0.39, 0.29) is 17.9 Å². The molecule has 2 aliphatic rings. The van der Waals surface area contributed by atoms with Crippen LogP contribution in [0.15, 0.2) is 16.5 Å². The molecule has 1 aromatic heterocycles. The number of hydrogen-bond acceptors (Lipinski definition) is 3.